The average molecular weight is 235 g/mol. The number of aryl methyl sites for hydroxylation is 2. The number of hydrogen-bond donors (Lipinski definition) is 1. The first-order chi connectivity index (χ1) is 7.93. The lowest BCUT2D eigenvalue weighted by Crippen LogP contribution is -2.39. The Balaban J connectivity index is 2.45. The first-order valence-electron chi connectivity index (χ1n) is 6.01. The molecule has 0 saturated heterocycles. The lowest BCUT2D eigenvalue weighted by Gasteiger charge is -2.38. The topological polar surface area (TPSA) is 30.5 Å². The number of fused-ring (bicyclic) bond motifs is 1. The molecule has 1 atom stereocenters. The first-order valence-corrected chi connectivity index (χ1v) is 6.01. The highest BCUT2D eigenvalue weighted by Gasteiger charge is 2.34. The van der Waals surface area contributed by atoms with E-state index in [0.717, 1.165) is 12.2 Å². The maximum absolute atomic E-state index is 6.04. The molecule has 1 heterocycles. The molecule has 2 rings (SSSR count). The van der Waals surface area contributed by atoms with Gasteiger partial charge in [0.1, 0.15) is 11.4 Å². The molecular formula is C14H21NO2. The van der Waals surface area contributed by atoms with Gasteiger partial charge in [-0.3, -0.25) is 0 Å². The van der Waals surface area contributed by atoms with Crippen LogP contribution < -0.4 is 10.2 Å². The van der Waals surface area contributed by atoms with Gasteiger partial charge >= 0.3 is 0 Å². The van der Waals surface area contributed by atoms with Crippen LogP contribution >= 0.6 is 0 Å². The summed E-state index contributed by atoms with van der Waals surface area (Å²) in [5, 5.41) is 0. The van der Waals surface area contributed by atoms with E-state index < -0.39 is 0 Å². The molecule has 94 valence electrons. The molecule has 1 aromatic carbocycles. The van der Waals surface area contributed by atoms with Crippen molar-refractivity contribution in [2.75, 3.05) is 7.11 Å². The largest absolute Gasteiger partial charge is 0.487 e. The fourth-order valence-electron chi connectivity index (χ4n) is 2.36. The average Bonchev–Trinajstić information content (AvgIpc) is 2.20. The summed E-state index contributed by atoms with van der Waals surface area (Å²) in [5.74, 6) is 0.971. The fraction of sp³-hybridized carbons (Fsp3) is 0.571. The predicted octanol–water partition coefficient (Wildman–Crippen LogP) is 3.06. The van der Waals surface area contributed by atoms with Crippen molar-refractivity contribution in [2.24, 2.45) is 0 Å². The van der Waals surface area contributed by atoms with Crippen molar-refractivity contribution in [1.29, 1.82) is 0 Å². The summed E-state index contributed by atoms with van der Waals surface area (Å²) in [6.45, 7) is 8.45. The van der Waals surface area contributed by atoms with Crippen molar-refractivity contribution in [3.63, 3.8) is 0 Å². The van der Waals surface area contributed by atoms with Crippen molar-refractivity contribution in [1.82, 2.24) is 5.48 Å². The Bertz CT molecular complexity index is 426. The molecule has 0 spiro atoms. The Hall–Kier alpha value is -1.06. The number of nitrogens with one attached hydrogen (secondary N) is 1. The van der Waals surface area contributed by atoms with E-state index in [-0.39, 0.29) is 11.6 Å². The molecule has 0 aromatic heterocycles. The van der Waals surface area contributed by atoms with Crippen molar-refractivity contribution in [2.45, 2.75) is 45.8 Å². The molecular weight excluding hydrogens is 214 g/mol. The van der Waals surface area contributed by atoms with Crippen molar-refractivity contribution in [3.05, 3.63) is 28.8 Å². The van der Waals surface area contributed by atoms with Gasteiger partial charge in [-0.15, -0.1) is 0 Å². The molecule has 17 heavy (non-hydrogen) atoms. The standard InChI is InChI=1S/C14H21NO2/c1-9-6-11-12(15-16-5)8-14(3,4)17-13(11)7-10(9)2/h6-7,12,15H,8H2,1-5H3. The lowest BCUT2D eigenvalue weighted by molar-refractivity contribution is 0.00292. The zero-order chi connectivity index (χ0) is 12.6. The van der Waals surface area contributed by atoms with E-state index in [1.807, 2.05) is 0 Å². The summed E-state index contributed by atoms with van der Waals surface area (Å²) in [7, 11) is 1.66. The molecule has 1 aliphatic heterocycles. The molecule has 0 amide bonds. The Morgan fingerprint density at radius 3 is 2.59 bits per heavy atom. The molecule has 3 heteroatoms. The normalized spacial score (nSPS) is 21.8. The van der Waals surface area contributed by atoms with E-state index in [1.54, 1.807) is 7.11 Å². The van der Waals surface area contributed by atoms with Crippen LogP contribution in [0.15, 0.2) is 12.1 Å². The van der Waals surface area contributed by atoms with Gasteiger partial charge in [0, 0.05) is 12.0 Å². The van der Waals surface area contributed by atoms with Crippen LogP contribution in [0, 0.1) is 13.8 Å². The Labute approximate surface area is 103 Å². The summed E-state index contributed by atoms with van der Waals surface area (Å²) < 4.78 is 6.04. The minimum atomic E-state index is -0.162. The van der Waals surface area contributed by atoms with Gasteiger partial charge in [0.2, 0.25) is 0 Å². The molecule has 0 fully saturated rings. The van der Waals surface area contributed by atoms with Crippen LogP contribution in [0.3, 0.4) is 0 Å². The predicted molar refractivity (Wildman–Crippen MR) is 68.1 cm³/mol. The van der Waals surface area contributed by atoms with Gasteiger partial charge < -0.3 is 9.57 Å². The van der Waals surface area contributed by atoms with Gasteiger partial charge in [0.25, 0.3) is 0 Å². The second-order valence-electron chi connectivity index (χ2n) is 5.41. The molecule has 0 bridgehead atoms. The van der Waals surface area contributed by atoms with Gasteiger partial charge in [0.15, 0.2) is 0 Å². The smallest absolute Gasteiger partial charge is 0.125 e. The Kier molecular flexibility index (Phi) is 3.15. The third-order valence-corrected chi connectivity index (χ3v) is 3.34. The van der Waals surface area contributed by atoms with Crippen LogP contribution in [0.1, 0.15) is 43.0 Å². The minimum absolute atomic E-state index is 0.162. The third kappa shape index (κ3) is 2.45. The molecule has 1 N–H and O–H groups in total. The maximum Gasteiger partial charge on any atom is 0.125 e. The van der Waals surface area contributed by atoms with Crippen LogP contribution in [-0.2, 0) is 4.84 Å². The van der Waals surface area contributed by atoms with E-state index in [1.165, 1.54) is 16.7 Å². The van der Waals surface area contributed by atoms with Gasteiger partial charge in [-0.25, -0.2) is 0 Å². The number of benzene rings is 1. The van der Waals surface area contributed by atoms with Crippen LogP contribution in [0.4, 0.5) is 0 Å². The van der Waals surface area contributed by atoms with Crippen LogP contribution in [0.5, 0.6) is 5.75 Å². The highest BCUT2D eigenvalue weighted by Crippen LogP contribution is 2.40. The SMILES string of the molecule is CONC1CC(C)(C)Oc2cc(C)c(C)cc21. The summed E-state index contributed by atoms with van der Waals surface area (Å²) in [6.07, 6.45) is 0.899. The van der Waals surface area contributed by atoms with Gasteiger partial charge in [-0.2, -0.15) is 5.48 Å². The second kappa shape index (κ2) is 4.31. The number of hydroxylamine groups is 1. The quantitative estimate of drug-likeness (QED) is 0.799. The highest BCUT2D eigenvalue weighted by molar-refractivity contribution is 5.45. The van der Waals surface area contributed by atoms with Crippen molar-refractivity contribution >= 4 is 0 Å². The lowest BCUT2D eigenvalue weighted by atomic mass is 9.88. The van der Waals surface area contributed by atoms with Crippen molar-refractivity contribution < 1.29 is 9.57 Å². The van der Waals surface area contributed by atoms with E-state index in [9.17, 15) is 0 Å². The summed E-state index contributed by atoms with van der Waals surface area (Å²) in [4.78, 5) is 5.10. The van der Waals surface area contributed by atoms with Crippen LogP contribution in [0.2, 0.25) is 0 Å². The zero-order valence-electron chi connectivity index (χ0n) is 11.3. The van der Waals surface area contributed by atoms with E-state index in [0.29, 0.717) is 0 Å². The fourth-order valence-corrected chi connectivity index (χ4v) is 2.36. The summed E-state index contributed by atoms with van der Waals surface area (Å²) >= 11 is 0. The summed E-state index contributed by atoms with van der Waals surface area (Å²) in [6, 6.07) is 4.50. The molecule has 0 aliphatic carbocycles. The Morgan fingerprint density at radius 2 is 1.94 bits per heavy atom. The molecule has 0 radical (unpaired) electrons. The van der Waals surface area contributed by atoms with Gasteiger partial charge in [-0.1, -0.05) is 6.07 Å². The molecule has 0 saturated carbocycles. The van der Waals surface area contributed by atoms with Crippen LogP contribution in [0.25, 0.3) is 0 Å². The third-order valence-electron chi connectivity index (χ3n) is 3.34. The molecule has 1 aromatic rings. The molecule has 3 nitrogen and oxygen atoms in total. The van der Waals surface area contributed by atoms with Gasteiger partial charge in [-0.05, 0) is 44.9 Å². The van der Waals surface area contributed by atoms with E-state index >= 15 is 0 Å². The minimum Gasteiger partial charge on any atom is -0.487 e. The molecule has 1 aliphatic rings. The van der Waals surface area contributed by atoms with Gasteiger partial charge in [0.05, 0.1) is 13.2 Å². The summed E-state index contributed by atoms with van der Waals surface area (Å²) in [5.41, 5.74) is 6.64. The number of rotatable bonds is 2. The van der Waals surface area contributed by atoms with E-state index in [4.69, 9.17) is 9.57 Å². The first kappa shape index (κ1) is 12.4. The molecule has 1 unspecified atom stereocenters. The Morgan fingerprint density at radius 1 is 1.29 bits per heavy atom. The second-order valence-corrected chi connectivity index (χ2v) is 5.41. The number of hydrogen-bond acceptors (Lipinski definition) is 3. The highest BCUT2D eigenvalue weighted by atomic mass is 16.6. The zero-order valence-corrected chi connectivity index (χ0v) is 11.3. The van der Waals surface area contributed by atoms with E-state index in [2.05, 4.69) is 45.3 Å². The monoisotopic (exact) mass is 235 g/mol. The maximum atomic E-state index is 6.04. The van der Waals surface area contributed by atoms with Crippen molar-refractivity contribution in [3.8, 4) is 5.75 Å². The number of ether oxygens (including phenoxy) is 1. The van der Waals surface area contributed by atoms with Crippen LogP contribution in [-0.4, -0.2) is 12.7 Å².